The van der Waals surface area contributed by atoms with Crippen LogP contribution >= 0.6 is 11.6 Å². The molecule has 0 fully saturated rings. The lowest BCUT2D eigenvalue weighted by molar-refractivity contribution is -0.139. The van der Waals surface area contributed by atoms with Crippen LogP contribution in [0, 0.1) is 0 Å². The molecule has 0 amide bonds. The van der Waals surface area contributed by atoms with Crippen LogP contribution in [-0.2, 0) is 6.18 Å². The van der Waals surface area contributed by atoms with E-state index >= 15 is 0 Å². The summed E-state index contributed by atoms with van der Waals surface area (Å²) >= 11 is 5.63. The fourth-order valence-corrected chi connectivity index (χ4v) is 2.07. The third kappa shape index (κ3) is 4.23. The van der Waals surface area contributed by atoms with Crippen molar-refractivity contribution in [2.45, 2.75) is 12.3 Å². The Kier molecular flexibility index (Phi) is 5.27. The van der Waals surface area contributed by atoms with E-state index in [4.69, 9.17) is 16.3 Å². The second-order valence-electron chi connectivity index (χ2n) is 4.51. The molecule has 0 bridgehead atoms. The number of rotatable bonds is 5. The molecule has 124 valence electrons. The first-order valence-electron chi connectivity index (χ1n) is 6.50. The van der Waals surface area contributed by atoms with Gasteiger partial charge in [0.05, 0.1) is 11.8 Å². The number of aliphatic hydroxyl groups excluding tert-OH is 1. The van der Waals surface area contributed by atoms with Crippen LogP contribution in [0.1, 0.15) is 17.2 Å². The Morgan fingerprint density at radius 3 is 2.70 bits per heavy atom. The van der Waals surface area contributed by atoms with Crippen molar-refractivity contribution in [3.05, 3.63) is 46.9 Å². The molecule has 1 aromatic heterocycles. The highest BCUT2D eigenvalue weighted by atomic mass is 35.5. The van der Waals surface area contributed by atoms with Gasteiger partial charge in [0.25, 0.3) is 0 Å². The molecule has 0 aliphatic carbocycles. The van der Waals surface area contributed by atoms with Crippen molar-refractivity contribution in [2.24, 2.45) is 0 Å². The second kappa shape index (κ2) is 7.01. The first-order valence-corrected chi connectivity index (χ1v) is 6.88. The summed E-state index contributed by atoms with van der Waals surface area (Å²) in [7, 11) is 1.57. The van der Waals surface area contributed by atoms with Crippen LogP contribution in [0.3, 0.4) is 0 Å². The van der Waals surface area contributed by atoms with Crippen LogP contribution in [0.4, 0.5) is 19.0 Å². The van der Waals surface area contributed by atoms with E-state index in [1.807, 2.05) is 0 Å². The molecular weight excluding hydrogens is 335 g/mol. The van der Waals surface area contributed by atoms with Crippen LogP contribution in [0.15, 0.2) is 30.5 Å². The van der Waals surface area contributed by atoms with Gasteiger partial charge in [-0.25, -0.2) is 4.98 Å². The molecule has 0 radical (unpaired) electrons. The van der Waals surface area contributed by atoms with Gasteiger partial charge in [-0.3, -0.25) is 0 Å². The predicted molar refractivity (Wildman–Crippen MR) is 78.5 cm³/mol. The molecule has 2 aromatic rings. The number of nitrogens with one attached hydrogen (secondary N) is 1. The molecular formula is C14H13ClF3N3O2. The number of ether oxygens (including phenoxy) is 1. The van der Waals surface area contributed by atoms with Gasteiger partial charge in [-0.05, 0) is 23.2 Å². The lowest BCUT2D eigenvalue weighted by atomic mass is 10.0. The number of nitrogens with zero attached hydrogens (tertiary/aromatic N) is 2. The Hall–Kier alpha value is -2.06. The molecule has 1 atom stereocenters. The zero-order chi connectivity index (χ0) is 17.0. The lowest BCUT2D eigenvalue weighted by Crippen LogP contribution is -2.17. The number of benzene rings is 1. The molecule has 1 aromatic carbocycles. The van der Waals surface area contributed by atoms with E-state index in [0.717, 1.165) is 6.07 Å². The predicted octanol–water partition coefficient (Wildman–Crippen LogP) is 3.30. The second-order valence-corrected chi connectivity index (χ2v) is 4.85. The van der Waals surface area contributed by atoms with Crippen LogP contribution < -0.4 is 10.1 Å². The Morgan fingerprint density at radius 2 is 2.04 bits per heavy atom. The molecule has 0 aliphatic heterocycles. The molecule has 2 rings (SSSR count). The molecule has 1 unspecified atom stereocenters. The van der Waals surface area contributed by atoms with Crippen molar-refractivity contribution >= 4 is 17.4 Å². The summed E-state index contributed by atoms with van der Waals surface area (Å²) in [5, 5.41) is 12.7. The van der Waals surface area contributed by atoms with Crippen molar-refractivity contribution < 1.29 is 23.0 Å². The highest BCUT2D eigenvalue weighted by Crippen LogP contribution is 2.34. The fourth-order valence-electron chi connectivity index (χ4n) is 1.94. The van der Waals surface area contributed by atoms with Gasteiger partial charge in [-0.2, -0.15) is 18.2 Å². The van der Waals surface area contributed by atoms with E-state index in [9.17, 15) is 18.3 Å². The fraction of sp³-hybridized carbons (Fsp3) is 0.286. The number of alkyl halides is 3. The number of halogens is 4. The van der Waals surface area contributed by atoms with Crippen molar-refractivity contribution in [3.63, 3.8) is 0 Å². The van der Waals surface area contributed by atoms with Crippen molar-refractivity contribution in [1.29, 1.82) is 0 Å². The molecule has 5 nitrogen and oxygen atoms in total. The molecule has 0 aliphatic rings. The number of hydrogen-bond acceptors (Lipinski definition) is 5. The minimum atomic E-state index is -4.56. The molecule has 2 N–H and O–H groups in total. The van der Waals surface area contributed by atoms with Gasteiger partial charge in [-0.1, -0.05) is 18.2 Å². The summed E-state index contributed by atoms with van der Waals surface area (Å²) in [4.78, 5) is 7.58. The average Bonchev–Trinajstić information content (AvgIpc) is 2.52. The number of aliphatic hydroxyl groups is 1. The molecule has 0 spiro atoms. The van der Waals surface area contributed by atoms with E-state index in [1.54, 1.807) is 7.05 Å². The molecule has 1 heterocycles. The maximum Gasteiger partial charge on any atom is 0.416 e. The quantitative estimate of drug-likeness (QED) is 0.812. The van der Waals surface area contributed by atoms with E-state index in [-0.39, 0.29) is 22.4 Å². The molecule has 0 saturated heterocycles. The molecule has 0 saturated carbocycles. The smallest absolute Gasteiger partial charge is 0.416 e. The van der Waals surface area contributed by atoms with Gasteiger partial charge in [0.1, 0.15) is 12.7 Å². The molecule has 23 heavy (non-hydrogen) atoms. The topological polar surface area (TPSA) is 67.3 Å². The van der Waals surface area contributed by atoms with Gasteiger partial charge in [0.2, 0.25) is 5.28 Å². The summed E-state index contributed by atoms with van der Waals surface area (Å²) in [6, 6.07) is 4.78. The molecule has 9 heteroatoms. The Labute approximate surface area is 135 Å². The van der Waals surface area contributed by atoms with Crippen LogP contribution in [0.2, 0.25) is 5.28 Å². The highest BCUT2D eigenvalue weighted by molar-refractivity contribution is 6.28. The maximum atomic E-state index is 12.9. The van der Waals surface area contributed by atoms with Gasteiger partial charge in [-0.15, -0.1) is 0 Å². The lowest BCUT2D eigenvalue weighted by Gasteiger charge is -2.18. The highest BCUT2D eigenvalue weighted by Gasteiger charge is 2.34. The summed E-state index contributed by atoms with van der Waals surface area (Å²) in [6.45, 7) is -0.396. The van der Waals surface area contributed by atoms with Gasteiger partial charge < -0.3 is 15.2 Å². The standard InChI is InChI=1S/C14H13ClF3N3O2/c1-19-12-11(6-20-13(15)21-12)23-7-10(22)8-4-2-3-5-9(8)14(16,17)18/h2-6,10,22H,7H2,1H3,(H,19,20,21). The first kappa shape index (κ1) is 17.3. The minimum Gasteiger partial charge on any atom is -0.485 e. The van der Waals surface area contributed by atoms with E-state index in [2.05, 4.69) is 15.3 Å². The zero-order valence-electron chi connectivity index (χ0n) is 11.9. The maximum absolute atomic E-state index is 12.9. The third-order valence-electron chi connectivity index (χ3n) is 2.98. The number of hydrogen-bond donors (Lipinski definition) is 2. The summed E-state index contributed by atoms with van der Waals surface area (Å²) in [6.07, 6.45) is -4.76. The van der Waals surface area contributed by atoms with Gasteiger partial charge in [0.15, 0.2) is 11.6 Å². The zero-order valence-corrected chi connectivity index (χ0v) is 12.7. The monoisotopic (exact) mass is 347 g/mol. The van der Waals surface area contributed by atoms with Crippen molar-refractivity contribution in [3.8, 4) is 5.75 Å². The Balaban J connectivity index is 2.16. The Bertz CT molecular complexity index is 683. The van der Waals surface area contributed by atoms with Gasteiger partial charge in [0, 0.05) is 7.05 Å². The number of aromatic nitrogens is 2. The van der Waals surface area contributed by atoms with Crippen molar-refractivity contribution in [1.82, 2.24) is 9.97 Å². The summed E-state index contributed by atoms with van der Waals surface area (Å²) in [5.74, 6) is 0.432. The largest absolute Gasteiger partial charge is 0.485 e. The van der Waals surface area contributed by atoms with Crippen molar-refractivity contribution in [2.75, 3.05) is 19.0 Å². The SMILES string of the molecule is CNc1nc(Cl)ncc1OCC(O)c1ccccc1C(F)(F)F. The van der Waals surface area contributed by atoms with Gasteiger partial charge >= 0.3 is 6.18 Å². The van der Waals surface area contributed by atoms with Crippen LogP contribution in [0.25, 0.3) is 0 Å². The normalized spacial score (nSPS) is 12.8. The summed E-state index contributed by atoms with van der Waals surface area (Å²) < 4.78 is 44.1. The average molecular weight is 348 g/mol. The van der Waals surface area contributed by atoms with E-state index in [1.165, 1.54) is 24.4 Å². The van der Waals surface area contributed by atoms with Crippen LogP contribution in [0.5, 0.6) is 5.75 Å². The number of anilines is 1. The van der Waals surface area contributed by atoms with Crippen LogP contribution in [-0.4, -0.2) is 28.7 Å². The van der Waals surface area contributed by atoms with E-state index < -0.39 is 24.5 Å². The third-order valence-corrected chi connectivity index (χ3v) is 3.17. The van der Waals surface area contributed by atoms with E-state index in [0.29, 0.717) is 0 Å². The summed E-state index contributed by atoms with van der Waals surface area (Å²) in [5.41, 5.74) is -1.17. The Morgan fingerprint density at radius 1 is 1.35 bits per heavy atom. The minimum absolute atomic E-state index is 0.00957. The first-order chi connectivity index (χ1) is 10.8.